The van der Waals surface area contributed by atoms with Crippen molar-refractivity contribution in [3.63, 3.8) is 0 Å². The van der Waals surface area contributed by atoms with Gasteiger partial charge in [0.05, 0.1) is 5.56 Å². The average molecular weight is 342 g/mol. The van der Waals surface area contributed by atoms with Gasteiger partial charge in [-0.05, 0) is 56.3 Å². The Morgan fingerprint density at radius 1 is 1.42 bits per heavy atom. The number of amides is 1. The number of alkyl halides is 3. The molecule has 1 heterocycles. The van der Waals surface area contributed by atoms with Crippen LogP contribution in [-0.2, 0) is 17.4 Å². The van der Waals surface area contributed by atoms with E-state index in [1.165, 1.54) is 18.9 Å². The third-order valence-electron chi connectivity index (χ3n) is 4.49. The topological polar surface area (TPSA) is 41.1 Å². The number of rotatable bonds is 6. The minimum atomic E-state index is -4.35. The summed E-state index contributed by atoms with van der Waals surface area (Å²) in [5.41, 5.74) is -0.138. The fourth-order valence-electron chi connectivity index (χ4n) is 3.06. The lowest BCUT2D eigenvalue weighted by Gasteiger charge is -2.23. The third kappa shape index (κ3) is 5.82. The van der Waals surface area contributed by atoms with Crippen LogP contribution in [0.4, 0.5) is 13.2 Å². The minimum absolute atomic E-state index is 0.101. The Bertz CT molecular complexity index is 539. The molecule has 1 aromatic carbocycles. The quantitative estimate of drug-likeness (QED) is 0.832. The molecule has 2 atom stereocenters. The maximum atomic E-state index is 12.7. The highest BCUT2D eigenvalue weighted by Crippen LogP contribution is 2.30. The van der Waals surface area contributed by atoms with Gasteiger partial charge in [0.25, 0.3) is 0 Å². The number of hydrogen-bond acceptors (Lipinski definition) is 2. The molecular weight excluding hydrogens is 317 g/mol. The number of carbonyl (C=O) groups excluding carboxylic acids is 1. The summed E-state index contributed by atoms with van der Waals surface area (Å²) in [6, 6.07) is 5.19. The van der Waals surface area contributed by atoms with E-state index in [0.717, 1.165) is 31.6 Å². The molecule has 0 aliphatic carbocycles. The van der Waals surface area contributed by atoms with Crippen molar-refractivity contribution >= 4 is 5.91 Å². The monoisotopic (exact) mass is 342 g/mol. The van der Waals surface area contributed by atoms with Gasteiger partial charge < -0.3 is 10.6 Å². The van der Waals surface area contributed by atoms with Crippen LogP contribution in [0.3, 0.4) is 0 Å². The number of nitrogens with one attached hydrogen (secondary N) is 2. The molecule has 1 aliphatic heterocycles. The highest BCUT2D eigenvalue weighted by Gasteiger charge is 2.30. The van der Waals surface area contributed by atoms with Crippen LogP contribution in [0.5, 0.6) is 0 Å². The van der Waals surface area contributed by atoms with E-state index in [0.29, 0.717) is 24.4 Å². The third-order valence-corrected chi connectivity index (χ3v) is 4.49. The SMILES string of the molecule is CC(Cc1cccc(C(F)(F)F)c1)C(=O)NCCC1CCCNC1. The molecule has 0 spiro atoms. The second-order valence-electron chi connectivity index (χ2n) is 6.60. The molecule has 1 aromatic rings. The van der Waals surface area contributed by atoms with Crippen LogP contribution in [0.15, 0.2) is 24.3 Å². The summed E-state index contributed by atoms with van der Waals surface area (Å²) in [5, 5.41) is 6.25. The van der Waals surface area contributed by atoms with E-state index in [-0.39, 0.29) is 11.8 Å². The highest BCUT2D eigenvalue weighted by molar-refractivity contribution is 5.78. The predicted octanol–water partition coefficient (Wildman–Crippen LogP) is 3.39. The van der Waals surface area contributed by atoms with E-state index in [4.69, 9.17) is 0 Å². The van der Waals surface area contributed by atoms with Crippen molar-refractivity contribution in [3.8, 4) is 0 Å². The van der Waals surface area contributed by atoms with Gasteiger partial charge in [0, 0.05) is 12.5 Å². The molecule has 6 heteroatoms. The van der Waals surface area contributed by atoms with Gasteiger partial charge in [-0.3, -0.25) is 4.79 Å². The van der Waals surface area contributed by atoms with Crippen molar-refractivity contribution in [1.29, 1.82) is 0 Å². The summed E-state index contributed by atoms with van der Waals surface area (Å²) in [6.07, 6.45) is -0.751. The fourth-order valence-corrected chi connectivity index (χ4v) is 3.06. The molecule has 0 bridgehead atoms. The van der Waals surface area contributed by atoms with E-state index < -0.39 is 11.7 Å². The lowest BCUT2D eigenvalue weighted by atomic mass is 9.96. The minimum Gasteiger partial charge on any atom is -0.356 e. The first kappa shape index (κ1) is 18.8. The van der Waals surface area contributed by atoms with Crippen molar-refractivity contribution in [2.75, 3.05) is 19.6 Å². The average Bonchev–Trinajstić information content (AvgIpc) is 2.55. The van der Waals surface area contributed by atoms with Gasteiger partial charge in [0.15, 0.2) is 0 Å². The first-order valence-electron chi connectivity index (χ1n) is 8.51. The van der Waals surface area contributed by atoms with Gasteiger partial charge >= 0.3 is 6.18 Å². The van der Waals surface area contributed by atoms with Crippen molar-refractivity contribution < 1.29 is 18.0 Å². The van der Waals surface area contributed by atoms with Gasteiger partial charge in [-0.1, -0.05) is 25.1 Å². The molecule has 134 valence electrons. The van der Waals surface area contributed by atoms with Gasteiger partial charge in [-0.2, -0.15) is 13.2 Å². The Morgan fingerprint density at radius 2 is 2.21 bits per heavy atom. The number of carbonyl (C=O) groups is 1. The standard InChI is InChI=1S/C18H25F3N2O/c1-13(10-15-4-2-6-16(11-15)18(19,20)21)17(24)23-9-7-14-5-3-8-22-12-14/h2,4,6,11,13-14,22H,3,5,7-10,12H2,1H3,(H,23,24). The van der Waals surface area contributed by atoms with Crippen molar-refractivity contribution in [2.24, 2.45) is 11.8 Å². The second kappa shape index (κ2) is 8.51. The van der Waals surface area contributed by atoms with Crippen LogP contribution in [0.25, 0.3) is 0 Å². The zero-order chi connectivity index (χ0) is 17.6. The van der Waals surface area contributed by atoms with Crippen LogP contribution in [-0.4, -0.2) is 25.5 Å². The Morgan fingerprint density at radius 3 is 2.88 bits per heavy atom. The number of halogens is 3. The maximum Gasteiger partial charge on any atom is 0.416 e. The van der Waals surface area contributed by atoms with Gasteiger partial charge in [0.1, 0.15) is 0 Å². The molecule has 2 N–H and O–H groups in total. The van der Waals surface area contributed by atoms with Gasteiger partial charge in [-0.25, -0.2) is 0 Å². The Balaban J connectivity index is 1.78. The summed E-state index contributed by atoms with van der Waals surface area (Å²) < 4.78 is 38.2. The van der Waals surface area contributed by atoms with Gasteiger partial charge in [0.2, 0.25) is 5.91 Å². The predicted molar refractivity (Wildman–Crippen MR) is 87.5 cm³/mol. The van der Waals surface area contributed by atoms with Crippen LogP contribution >= 0.6 is 0 Å². The summed E-state index contributed by atoms with van der Waals surface area (Å²) >= 11 is 0. The zero-order valence-electron chi connectivity index (χ0n) is 14.0. The molecule has 1 aliphatic rings. The molecule has 0 radical (unpaired) electrons. The molecule has 24 heavy (non-hydrogen) atoms. The Hall–Kier alpha value is -1.56. The molecule has 0 saturated carbocycles. The number of piperidine rings is 1. The largest absolute Gasteiger partial charge is 0.416 e. The molecule has 0 aromatic heterocycles. The lowest BCUT2D eigenvalue weighted by Crippen LogP contribution is -2.35. The zero-order valence-corrected chi connectivity index (χ0v) is 14.0. The molecule has 2 rings (SSSR count). The highest BCUT2D eigenvalue weighted by atomic mass is 19.4. The van der Waals surface area contributed by atoms with E-state index in [9.17, 15) is 18.0 Å². The van der Waals surface area contributed by atoms with Crippen LogP contribution in [0, 0.1) is 11.8 Å². The molecular formula is C18H25F3N2O. The normalized spacial score (nSPS) is 19.8. The first-order valence-corrected chi connectivity index (χ1v) is 8.51. The van der Waals surface area contributed by atoms with E-state index in [2.05, 4.69) is 10.6 Å². The first-order chi connectivity index (χ1) is 11.4. The Kier molecular flexibility index (Phi) is 6.66. The lowest BCUT2D eigenvalue weighted by molar-refractivity contribution is -0.137. The van der Waals surface area contributed by atoms with E-state index in [1.807, 2.05) is 0 Å². The number of benzene rings is 1. The summed E-state index contributed by atoms with van der Waals surface area (Å²) in [6.45, 7) is 4.43. The molecule has 3 nitrogen and oxygen atoms in total. The number of hydrogen-bond donors (Lipinski definition) is 2. The van der Waals surface area contributed by atoms with Crippen LogP contribution < -0.4 is 10.6 Å². The summed E-state index contributed by atoms with van der Waals surface area (Å²) in [5.74, 6) is 0.145. The fraction of sp³-hybridized carbons (Fsp3) is 0.611. The van der Waals surface area contributed by atoms with Crippen molar-refractivity contribution in [2.45, 2.75) is 38.8 Å². The molecule has 1 amide bonds. The molecule has 1 saturated heterocycles. The Labute approximate surface area is 141 Å². The summed E-state index contributed by atoms with van der Waals surface area (Å²) in [7, 11) is 0. The van der Waals surface area contributed by atoms with Crippen molar-refractivity contribution in [3.05, 3.63) is 35.4 Å². The molecule has 2 unspecified atom stereocenters. The van der Waals surface area contributed by atoms with E-state index >= 15 is 0 Å². The van der Waals surface area contributed by atoms with Crippen LogP contribution in [0.1, 0.15) is 37.3 Å². The van der Waals surface area contributed by atoms with E-state index in [1.54, 1.807) is 13.0 Å². The second-order valence-corrected chi connectivity index (χ2v) is 6.60. The molecule has 1 fully saturated rings. The maximum absolute atomic E-state index is 12.7. The van der Waals surface area contributed by atoms with Crippen molar-refractivity contribution in [1.82, 2.24) is 10.6 Å². The van der Waals surface area contributed by atoms with Gasteiger partial charge in [-0.15, -0.1) is 0 Å². The smallest absolute Gasteiger partial charge is 0.356 e. The summed E-state index contributed by atoms with van der Waals surface area (Å²) in [4.78, 5) is 12.1. The van der Waals surface area contributed by atoms with Crippen LogP contribution in [0.2, 0.25) is 0 Å².